The Kier molecular flexibility index (Phi) is 6.16. The molecule has 1 aromatic carbocycles. The normalized spacial score (nSPS) is 12.2. The van der Waals surface area contributed by atoms with Gasteiger partial charge in [0.05, 0.1) is 30.3 Å². The molecule has 1 unspecified atom stereocenters. The van der Waals surface area contributed by atoms with Crippen LogP contribution >= 0.6 is 11.3 Å². The molecule has 0 aliphatic heterocycles. The van der Waals surface area contributed by atoms with Crippen molar-refractivity contribution in [2.24, 2.45) is 0 Å². The van der Waals surface area contributed by atoms with Gasteiger partial charge >= 0.3 is 0 Å². The standard InChI is InChI=1S/C18H24N2O2S/c1-5-16(13-6-8-15(22-4)9-7-13)20-17(21)10-14-11-23-18(19-14)12(2)3/h6-9,11-12,16H,5,10H2,1-4H3,(H,20,21). The zero-order valence-electron chi connectivity index (χ0n) is 14.1. The van der Waals surface area contributed by atoms with Crippen molar-refractivity contribution in [1.29, 1.82) is 0 Å². The van der Waals surface area contributed by atoms with Gasteiger partial charge in [-0.05, 0) is 24.1 Å². The summed E-state index contributed by atoms with van der Waals surface area (Å²) in [6.07, 6.45) is 1.17. The molecule has 0 bridgehead atoms. The van der Waals surface area contributed by atoms with Crippen molar-refractivity contribution in [3.05, 3.63) is 45.9 Å². The maximum Gasteiger partial charge on any atom is 0.226 e. The van der Waals surface area contributed by atoms with Gasteiger partial charge in [0.15, 0.2) is 0 Å². The molecule has 0 spiro atoms. The minimum absolute atomic E-state index is 0.00766. The Morgan fingerprint density at radius 3 is 2.52 bits per heavy atom. The van der Waals surface area contributed by atoms with Crippen LogP contribution in [-0.4, -0.2) is 18.0 Å². The number of carbonyl (C=O) groups is 1. The second-order valence-electron chi connectivity index (χ2n) is 5.81. The van der Waals surface area contributed by atoms with E-state index in [1.807, 2.05) is 29.6 Å². The second-order valence-corrected chi connectivity index (χ2v) is 6.70. The predicted octanol–water partition coefficient (Wildman–Crippen LogP) is 4.09. The van der Waals surface area contributed by atoms with Gasteiger partial charge in [0.2, 0.25) is 5.91 Å². The highest BCUT2D eigenvalue weighted by Gasteiger charge is 2.15. The van der Waals surface area contributed by atoms with Gasteiger partial charge in [-0.1, -0.05) is 32.9 Å². The molecule has 2 aromatic rings. The summed E-state index contributed by atoms with van der Waals surface area (Å²) < 4.78 is 5.17. The summed E-state index contributed by atoms with van der Waals surface area (Å²) in [5, 5.41) is 6.15. The molecule has 0 radical (unpaired) electrons. The van der Waals surface area contributed by atoms with E-state index in [1.54, 1.807) is 18.4 Å². The highest BCUT2D eigenvalue weighted by molar-refractivity contribution is 7.09. The lowest BCUT2D eigenvalue weighted by molar-refractivity contribution is -0.121. The Morgan fingerprint density at radius 2 is 2.00 bits per heavy atom. The lowest BCUT2D eigenvalue weighted by Gasteiger charge is -2.17. The summed E-state index contributed by atoms with van der Waals surface area (Å²) in [5.74, 6) is 1.23. The lowest BCUT2D eigenvalue weighted by atomic mass is 10.0. The molecular formula is C18H24N2O2S. The molecule has 5 heteroatoms. The van der Waals surface area contributed by atoms with Crippen LogP contribution in [0.5, 0.6) is 5.75 Å². The number of amides is 1. The zero-order chi connectivity index (χ0) is 16.8. The van der Waals surface area contributed by atoms with Crippen molar-refractivity contribution in [3.8, 4) is 5.75 Å². The number of thiazole rings is 1. The van der Waals surface area contributed by atoms with Crippen LogP contribution in [0.1, 0.15) is 55.4 Å². The number of methoxy groups -OCH3 is 1. The molecule has 0 saturated heterocycles. The number of rotatable bonds is 7. The van der Waals surface area contributed by atoms with Crippen LogP contribution in [0.3, 0.4) is 0 Å². The van der Waals surface area contributed by atoms with Crippen LogP contribution in [0.2, 0.25) is 0 Å². The Labute approximate surface area is 141 Å². The van der Waals surface area contributed by atoms with E-state index in [1.165, 1.54) is 0 Å². The molecule has 0 saturated carbocycles. The summed E-state index contributed by atoms with van der Waals surface area (Å²) >= 11 is 1.62. The van der Waals surface area contributed by atoms with Crippen LogP contribution < -0.4 is 10.1 Å². The molecule has 124 valence electrons. The SMILES string of the molecule is CCC(NC(=O)Cc1csc(C(C)C)n1)c1ccc(OC)cc1. The molecule has 1 amide bonds. The first kappa shape index (κ1) is 17.5. The fraction of sp³-hybridized carbons (Fsp3) is 0.444. The summed E-state index contributed by atoms with van der Waals surface area (Å²) in [4.78, 5) is 16.8. The summed E-state index contributed by atoms with van der Waals surface area (Å²) in [6, 6.07) is 7.83. The fourth-order valence-electron chi connectivity index (χ4n) is 2.34. The van der Waals surface area contributed by atoms with Crippen molar-refractivity contribution in [3.63, 3.8) is 0 Å². The molecule has 1 atom stereocenters. The van der Waals surface area contributed by atoms with Gasteiger partial charge in [0, 0.05) is 11.3 Å². The molecule has 1 heterocycles. The molecule has 0 fully saturated rings. The molecular weight excluding hydrogens is 308 g/mol. The number of hydrogen-bond acceptors (Lipinski definition) is 4. The average Bonchev–Trinajstić information content (AvgIpc) is 3.01. The Morgan fingerprint density at radius 1 is 1.30 bits per heavy atom. The van der Waals surface area contributed by atoms with Gasteiger partial charge in [0.1, 0.15) is 5.75 Å². The van der Waals surface area contributed by atoms with E-state index in [2.05, 4.69) is 31.1 Å². The number of nitrogens with zero attached hydrogens (tertiary/aromatic N) is 1. The van der Waals surface area contributed by atoms with E-state index in [-0.39, 0.29) is 11.9 Å². The second kappa shape index (κ2) is 8.11. The van der Waals surface area contributed by atoms with E-state index in [4.69, 9.17) is 4.74 Å². The van der Waals surface area contributed by atoms with Gasteiger partial charge in [-0.3, -0.25) is 4.79 Å². The third kappa shape index (κ3) is 4.79. The topological polar surface area (TPSA) is 51.2 Å². The largest absolute Gasteiger partial charge is 0.497 e. The monoisotopic (exact) mass is 332 g/mol. The number of ether oxygens (including phenoxy) is 1. The average molecular weight is 332 g/mol. The number of hydrogen-bond donors (Lipinski definition) is 1. The van der Waals surface area contributed by atoms with Gasteiger partial charge in [-0.15, -0.1) is 11.3 Å². The minimum Gasteiger partial charge on any atom is -0.497 e. The molecule has 1 aromatic heterocycles. The third-order valence-electron chi connectivity index (χ3n) is 3.67. The first-order valence-electron chi connectivity index (χ1n) is 7.91. The molecule has 2 rings (SSSR count). The van der Waals surface area contributed by atoms with Gasteiger partial charge < -0.3 is 10.1 Å². The summed E-state index contributed by atoms with van der Waals surface area (Å²) in [6.45, 7) is 6.29. The number of benzene rings is 1. The number of nitrogens with one attached hydrogen (secondary N) is 1. The third-order valence-corrected chi connectivity index (χ3v) is 4.86. The van der Waals surface area contributed by atoms with E-state index in [9.17, 15) is 4.79 Å². The molecule has 1 N–H and O–H groups in total. The summed E-state index contributed by atoms with van der Waals surface area (Å²) in [7, 11) is 1.65. The molecule has 0 aliphatic carbocycles. The lowest BCUT2D eigenvalue weighted by Crippen LogP contribution is -2.29. The Bertz CT molecular complexity index is 635. The molecule has 4 nitrogen and oxygen atoms in total. The highest BCUT2D eigenvalue weighted by Crippen LogP contribution is 2.21. The zero-order valence-corrected chi connectivity index (χ0v) is 14.9. The van der Waals surface area contributed by atoms with Crippen LogP contribution in [0.25, 0.3) is 0 Å². The molecule has 0 aliphatic rings. The highest BCUT2D eigenvalue weighted by atomic mass is 32.1. The number of carbonyl (C=O) groups excluding carboxylic acids is 1. The van der Waals surface area contributed by atoms with E-state index in [0.717, 1.165) is 28.4 Å². The Balaban J connectivity index is 1.98. The van der Waals surface area contributed by atoms with E-state index in [0.29, 0.717) is 12.3 Å². The quantitative estimate of drug-likeness (QED) is 0.831. The van der Waals surface area contributed by atoms with E-state index < -0.39 is 0 Å². The Hall–Kier alpha value is -1.88. The van der Waals surface area contributed by atoms with Crippen molar-refractivity contribution in [2.45, 2.75) is 45.6 Å². The van der Waals surface area contributed by atoms with Gasteiger partial charge in [-0.2, -0.15) is 0 Å². The van der Waals surface area contributed by atoms with Crippen LogP contribution in [0, 0.1) is 0 Å². The molecule has 23 heavy (non-hydrogen) atoms. The minimum atomic E-state index is 0.00766. The smallest absolute Gasteiger partial charge is 0.226 e. The maximum absolute atomic E-state index is 12.3. The van der Waals surface area contributed by atoms with Crippen molar-refractivity contribution in [2.75, 3.05) is 7.11 Å². The van der Waals surface area contributed by atoms with Crippen LogP contribution in [0.4, 0.5) is 0 Å². The first-order valence-corrected chi connectivity index (χ1v) is 8.79. The number of aromatic nitrogens is 1. The van der Waals surface area contributed by atoms with Gasteiger partial charge in [-0.25, -0.2) is 4.98 Å². The maximum atomic E-state index is 12.3. The van der Waals surface area contributed by atoms with Crippen molar-refractivity contribution < 1.29 is 9.53 Å². The summed E-state index contributed by atoms with van der Waals surface area (Å²) in [5.41, 5.74) is 1.93. The van der Waals surface area contributed by atoms with Crippen LogP contribution in [-0.2, 0) is 11.2 Å². The van der Waals surface area contributed by atoms with E-state index >= 15 is 0 Å². The predicted molar refractivity (Wildman–Crippen MR) is 94.1 cm³/mol. The van der Waals surface area contributed by atoms with Crippen molar-refractivity contribution in [1.82, 2.24) is 10.3 Å². The van der Waals surface area contributed by atoms with Crippen molar-refractivity contribution >= 4 is 17.2 Å². The first-order chi connectivity index (χ1) is 11.0. The fourth-order valence-corrected chi connectivity index (χ4v) is 3.17. The van der Waals surface area contributed by atoms with Gasteiger partial charge in [0.25, 0.3) is 0 Å². The van der Waals surface area contributed by atoms with Crippen LogP contribution in [0.15, 0.2) is 29.6 Å².